The molecule has 2 heterocycles. The zero-order valence-electron chi connectivity index (χ0n) is 22.0. The molecule has 3 aromatic rings. The van der Waals surface area contributed by atoms with Crippen LogP contribution in [0.3, 0.4) is 0 Å². The second-order valence-electron chi connectivity index (χ2n) is 10.4. The van der Waals surface area contributed by atoms with Gasteiger partial charge in [-0.1, -0.05) is 29.4 Å². The van der Waals surface area contributed by atoms with Crippen molar-refractivity contribution in [3.8, 4) is 6.07 Å². The number of likely N-dealkylation sites (tertiary alicyclic amines) is 1. The minimum atomic E-state index is -0.470. The molecule has 0 spiro atoms. The van der Waals surface area contributed by atoms with Gasteiger partial charge in [0.25, 0.3) is 0 Å². The Kier molecular flexibility index (Phi) is 8.08. The Morgan fingerprint density at radius 3 is 2.59 bits per heavy atom. The smallest absolute Gasteiger partial charge is 0.410 e. The van der Waals surface area contributed by atoms with E-state index in [0.717, 1.165) is 72.3 Å². The van der Waals surface area contributed by atoms with Crippen molar-refractivity contribution in [2.45, 2.75) is 59.0 Å². The van der Waals surface area contributed by atoms with E-state index in [-0.39, 0.29) is 6.09 Å². The number of nitrogens with zero attached hydrogens (tertiary/aromatic N) is 4. The van der Waals surface area contributed by atoms with E-state index < -0.39 is 5.60 Å². The zero-order chi connectivity index (χ0) is 26.4. The SMILES string of the molecule is CC=Cc1c(N=Cc2ccc(C#N)cc2)ccc2c(CCC3CCN(C(=O)OC(C)(C)C)CC3)noc12. The first-order valence-corrected chi connectivity index (χ1v) is 12.8. The summed E-state index contributed by atoms with van der Waals surface area (Å²) >= 11 is 0. The third-order valence-electron chi connectivity index (χ3n) is 6.51. The number of allylic oxidation sites excluding steroid dienone is 1. The summed E-state index contributed by atoms with van der Waals surface area (Å²) in [6.07, 6.45) is 9.29. The highest BCUT2D eigenvalue weighted by molar-refractivity contribution is 5.94. The molecule has 1 aliphatic rings. The van der Waals surface area contributed by atoms with E-state index in [0.29, 0.717) is 11.5 Å². The van der Waals surface area contributed by atoms with E-state index in [4.69, 9.17) is 14.5 Å². The highest BCUT2D eigenvalue weighted by Gasteiger charge is 2.27. The molecule has 0 saturated carbocycles. The van der Waals surface area contributed by atoms with Crippen LogP contribution in [-0.4, -0.2) is 41.1 Å². The van der Waals surface area contributed by atoms with Crippen molar-refractivity contribution in [1.29, 1.82) is 5.26 Å². The van der Waals surface area contributed by atoms with Crippen LogP contribution in [0.2, 0.25) is 0 Å². The first-order chi connectivity index (χ1) is 17.8. The number of amides is 1. The number of piperidine rings is 1. The lowest BCUT2D eigenvalue weighted by Gasteiger charge is -2.33. The third kappa shape index (κ3) is 6.65. The molecule has 1 aliphatic heterocycles. The van der Waals surface area contributed by atoms with Crippen LogP contribution >= 0.6 is 0 Å². The Hall–Kier alpha value is -3.92. The number of ether oxygens (including phenoxy) is 1. The number of nitriles is 1. The van der Waals surface area contributed by atoms with Crippen molar-refractivity contribution in [3.05, 3.63) is 64.9 Å². The molecule has 7 heteroatoms. The van der Waals surface area contributed by atoms with Crippen LogP contribution in [0.4, 0.5) is 10.5 Å². The van der Waals surface area contributed by atoms with Gasteiger partial charge in [-0.05, 0) is 89.1 Å². The first-order valence-electron chi connectivity index (χ1n) is 12.8. The lowest BCUT2D eigenvalue weighted by Crippen LogP contribution is -2.41. The van der Waals surface area contributed by atoms with Crippen LogP contribution in [0.5, 0.6) is 0 Å². The fraction of sp³-hybridized carbons (Fsp3) is 0.400. The Bertz CT molecular complexity index is 1330. The summed E-state index contributed by atoms with van der Waals surface area (Å²) in [6, 6.07) is 13.5. The largest absolute Gasteiger partial charge is 0.444 e. The van der Waals surface area contributed by atoms with Gasteiger partial charge in [-0.25, -0.2) is 4.79 Å². The van der Waals surface area contributed by atoms with Crippen molar-refractivity contribution >= 4 is 35.0 Å². The number of hydrogen-bond donors (Lipinski definition) is 0. The van der Waals surface area contributed by atoms with Crippen molar-refractivity contribution in [1.82, 2.24) is 10.1 Å². The minimum absolute atomic E-state index is 0.220. The van der Waals surface area contributed by atoms with Crippen LogP contribution in [0, 0.1) is 17.2 Å². The monoisotopic (exact) mass is 498 g/mol. The number of carbonyl (C=O) groups excluding carboxylic acids is 1. The maximum atomic E-state index is 12.3. The van der Waals surface area contributed by atoms with Gasteiger partial charge in [0.2, 0.25) is 0 Å². The number of carbonyl (C=O) groups is 1. The predicted octanol–water partition coefficient (Wildman–Crippen LogP) is 7.06. The number of aliphatic imine (C=N–C) groups is 1. The first kappa shape index (κ1) is 26.2. The molecule has 0 atom stereocenters. The van der Waals surface area contributed by atoms with Gasteiger partial charge in [-0.3, -0.25) is 4.99 Å². The van der Waals surface area contributed by atoms with Gasteiger partial charge >= 0.3 is 6.09 Å². The molecule has 2 aromatic carbocycles. The van der Waals surface area contributed by atoms with E-state index in [1.165, 1.54) is 0 Å². The average molecular weight is 499 g/mol. The molecule has 4 rings (SSSR count). The Morgan fingerprint density at radius 1 is 1.22 bits per heavy atom. The van der Waals surface area contributed by atoms with Crippen LogP contribution in [-0.2, 0) is 11.2 Å². The standard InChI is InChI=1S/C30H34N4O3/c1-5-6-24-26(32-20-23-9-7-22(19-31)8-10-23)14-12-25-27(33-37-28(24)25)13-11-21-15-17-34(18-16-21)29(35)36-30(2,3)4/h5-10,12,14,20-21H,11,13,15-18H2,1-4H3. The van der Waals surface area contributed by atoms with E-state index >= 15 is 0 Å². The second-order valence-corrected chi connectivity index (χ2v) is 10.4. The van der Waals surface area contributed by atoms with E-state index in [9.17, 15) is 4.79 Å². The number of aromatic nitrogens is 1. The normalized spacial score (nSPS) is 15.1. The van der Waals surface area contributed by atoms with Crippen LogP contribution < -0.4 is 0 Å². The lowest BCUT2D eigenvalue weighted by atomic mass is 9.91. The van der Waals surface area contributed by atoms with Gasteiger partial charge in [0.15, 0.2) is 5.58 Å². The summed E-state index contributed by atoms with van der Waals surface area (Å²) < 4.78 is 11.3. The highest BCUT2D eigenvalue weighted by atomic mass is 16.6. The summed E-state index contributed by atoms with van der Waals surface area (Å²) in [5.41, 5.74) is 4.46. The zero-order valence-corrected chi connectivity index (χ0v) is 22.0. The summed E-state index contributed by atoms with van der Waals surface area (Å²) in [5.74, 6) is 0.539. The molecule has 1 saturated heterocycles. The Morgan fingerprint density at radius 2 is 1.95 bits per heavy atom. The molecule has 0 aliphatic carbocycles. The van der Waals surface area contributed by atoms with E-state index in [2.05, 4.69) is 16.2 Å². The third-order valence-corrected chi connectivity index (χ3v) is 6.51. The number of benzene rings is 2. The van der Waals surface area contributed by atoms with Crippen molar-refractivity contribution in [2.24, 2.45) is 10.9 Å². The van der Waals surface area contributed by atoms with Crippen molar-refractivity contribution in [2.75, 3.05) is 13.1 Å². The summed E-state index contributed by atoms with van der Waals surface area (Å²) in [7, 11) is 0. The topological polar surface area (TPSA) is 91.7 Å². The molecule has 0 radical (unpaired) electrons. The number of hydrogen-bond acceptors (Lipinski definition) is 6. The highest BCUT2D eigenvalue weighted by Crippen LogP contribution is 2.33. The second kappa shape index (κ2) is 11.4. The number of fused-ring (bicyclic) bond motifs is 1. The maximum absolute atomic E-state index is 12.3. The van der Waals surface area contributed by atoms with Crippen LogP contribution in [0.15, 0.2) is 52.0 Å². The van der Waals surface area contributed by atoms with E-state index in [1.807, 2.05) is 69.0 Å². The minimum Gasteiger partial charge on any atom is -0.444 e. The van der Waals surface area contributed by atoms with Crippen molar-refractivity contribution < 1.29 is 14.1 Å². The Balaban J connectivity index is 1.42. The summed E-state index contributed by atoms with van der Waals surface area (Å²) in [6.45, 7) is 9.11. The van der Waals surface area contributed by atoms with Gasteiger partial charge in [-0.15, -0.1) is 0 Å². The molecule has 1 fully saturated rings. The summed E-state index contributed by atoms with van der Waals surface area (Å²) in [5, 5.41) is 14.4. The number of aryl methyl sites for hydroxylation is 1. The molecular weight excluding hydrogens is 464 g/mol. The molecule has 37 heavy (non-hydrogen) atoms. The predicted molar refractivity (Wildman–Crippen MR) is 146 cm³/mol. The molecule has 1 aromatic heterocycles. The van der Waals surface area contributed by atoms with Crippen LogP contribution in [0.25, 0.3) is 17.0 Å². The van der Waals surface area contributed by atoms with Gasteiger partial charge < -0.3 is 14.2 Å². The average Bonchev–Trinajstić information content (AvgIpc) is 3.30. The van der Waals surface area contributed by atoms with Gasteiger partial charge in [0.1, 0.15) is 5.60 Å². The molecular formula is C30H34N4O3. The quantitative estimate of drug-likeness (QED) is 0.339. The van der Waals surface area contributed by atoms with Crippen molar-refractivity contribution in [3.63, 3.8) is 0 Å². The molecule has 0 N–H and O–H groups in total. The fourth-order valence-corrected chi connectivity index (χ4v) is 4.54. The molecule has 192 valence electrons. The molecule has 0 unspecified atom stereocenters. The molecule has 7 nitrogen and oxygen atoms in total. The maximum Gasteiger partial charge on any atom is 0.410 e. The molecule has 1 amide bonds. The molecule has 0 bridgehead atoms. The van der Waals surface area contributed by atoms with Gasteiger partial charge in [-0.2, -0.15) is 5.26 Å². The van der Waals surface area contributed by atoms with Crippen LogP contribution in [0.1, 0.15) is 69.3 Å². The fourth-order valence-electron chi connectivity index (χ4n) is 4.54. The summed E-state index contributed by atoms with van der Waals surface area (Å²) in [4.78, 5) is 18.8. The number of rotatable bonds is 6. The van der Waals surface area contributed by atoms with Gasteiger partial charge in [0, 0.05) is 30.3 Å². The van der Waals surface area contributed by atoms with E-state index in [1.54, 1.807) is 18.3 Å². The lowest BCUT2D eigenvalue weighted by molar-refractivity contribution is 0.0181. The Labute approximate surface area is 218 Å². The van der Waals surface area contributed by atoms with Gasteiger partial charge in [0.05, 0.1) is 23.0 Å².